The van der Waals surface area contributed by atoms with Crippen LogP contribution >= 0.6 is 11.8 Å². The van der Waals surface area contributed by atoms with Crippen molar-refractivity contribution in [1.82, 2.24) is 5.32 Å². The fourth-order valence-corrected chi connectivity index (χ4v) is 3.96. The second kappa shape index (κ2) is 8.43. The normalized spacial score (nSPS) is 20.0. The van der Waals surface area contributed by atoms with Gasteiger partial charge in [0.2, 0.25) is 0 Å². The van der Waals surface area contributed by atoms with Crippen LogP contribution in [0.5, 0.6) is 11.5 Å². The number of imide groups is 1. The molecule has 1 saturated heterocycles. The molecule has 3 rings (SSSR count). The van der Waals surface area contributed by atoms with Crippen molar-refractivity contribution >= 4 is 29.0 Å². The van der Waals surface area contributed by atoms with Crippen LogP contribution in [0.25, 0.3) is 6.08 Å². The Balaban J connectivity index is 1.66. The smallest absolute Gasteiger partial charge is 0.290 e. The van der Waals surface area contributed by atoms with E-state index in [0.29, 0.717) is 23.0 Å². The Labute approximate surface area is 152 Å². The molecule has 2 amide bonds. The molecule has 1 aliphatic heterocycles. The minimum Gasteiger partial charge on any atom is -0.493 e. The summed E-state index contributed by atoms with van der Waals surface area (Å²) in [6.07, 6.45) is 9.36. The van der Waals surface area contributed by atoms with E-state index in [1.54, 1.807) is 13.2 Å². The maximum Gasteiger partial charge on any atom is 0.290 e. The lowest BCUT2D eigenvalue weighted by Gasteiger charge is -2.21. The number of ether oxygens (including phenoxy) is 2. The van der Waals surface area contributed by atoms with E-state index in [1.807, 2.05) is 18.2 Å². The van der Waals surface area contributed by atoms with Gasteiger partial charge in [-0.05, 0) is 47.9 Å². The molecular weight excluding hydrogens is 338 g/mol. The number of methoxy groups -OCH3 is 1. The van der Waals surface area contributed by atoms with Crippen LogP contribution in [0, 0.1) is 5.92 Å². The third-order valence-corrected chi connectivity index (χ3v) is 5.45. The summed E-state index contributed by atoms with van der Waals surface area (Å²) < 4.78 is 11.3. The Morgan fingerprint density at radius 1 is 1.20 bits per heavy atom. The van der Waals surface area contributed by atoms with Crippen LogP contribution in [0.1, 0.15) is 44.1 Å². The summed E-state index contributed by atoms with van der Waals surface area (Å²) in [5, 5.41) is 1.92. The highest BCUT2D eigenvalue weighted by atomic mass is 32.2. The lowest BCUT2D eigenvalue weighted by Crippen LogP contribution is -2.17. The van der Waals surface area contributed by atoms with Gasteiger partial charge >= 0.3 is 0 Å². The van der Waals surface area contributed by atoms with Crippen molar-refractivity contribution in [2.75, 3.05) is 13.7 Å². The van der Waals surface area contributed by atoms with Crippen molar-refractivity contribution in [3.8, 4) is 11.5 Å². The maximum atomic E-state index is 11.7. The summed E-state index contributed by atoms with van der Waals surface area (Å²) in [7, 11) is 1.61. The highest BCUT2D eigenvalue weighted by Crippen LogP contribution is 2.32. The van der Waals surface area contributed by atoms with Gasteiger partial charge in [0.05, 0.1) is 18.6 Å². The van der Waals surface area contributed by atoms with Gasteiger partial charge in [0, 0.05) is 0 Å². The number of carbonyl (C=O) groups is 2. The Kier molecular flexibility index (Phi) is 6.02. The van der Waals surface area contributed by atoms with Gasteiger partial charge in [-0.25, -0.2) is 0 Å². The number of rotatable bonds is 6. The molecule has 5 nitrogen and oxygen atoms in total. The molecule has 134 valence electrons. The van der Waals surface area contributed by atoms with E-state index < -0.39 is 0 Å². The summed E-state index contributed by atoms with van der Waals surface area (Å²) in [4.78, 5) is 23.3. The molecule has 1 aromatic rings. The van der Waals surface area contributed by atoms with Crippen LogP contribution in [-0.4, -0.2) is 24.9 Å². The van der Waals surface area contributed by atoms with Crippen LogP contribution < -0.4 is 14.8 Å². The Hall–Kier alpha value is -1.95. The first-order valence-electron chi connectivity index (χ1n) is 8.71. The number of thioether (sulfide) groups is 1. The first-order chi connectivity index (χ1) is 12.2. The lowest BCUT2D eigenvalue weighted by atomic mass is 9.87. The molecule has 2 fully saturated rings. The zero-order valence-corrected chi connectivity index (χ0v) is 15.2. The van der Waals surface area contributed by atoms with Gasteiger partial charge in [0.25, 0.3) is 11.1 Å². The van der Waals surface area contributed by atoms with Crippen molar-refractivity contribution in [2.45, 2.75) is 38.5 Å². The Morgan fingerprint density at radius 3 is 2.68 bits per heavy atom. The first-order valence-corrected chi connectivity index (χ1v) is 9.53. The maximum absolute atomic E-state index is 11.7. The van der Waals surface area contributed by atoms with Gasteiger partial charge in [-0.2, -0.15) is 0 Å². The molecule has 25 heavy (non-hydrogen) atoms. The van der Waals surface area contributed by atoms with Crippen molar-refractivity contribution in [2.24, 2.45) is 5.92 Å². The number of hydrogen-bond acceptors (Lipinski definition) is 5. The number of hydrogen-bond donors (Lipinski definition) is 1. The summed E-state index contributed by atoms with van der Waals surface area (Å²) in [5.74, 6) is 1.74. The fourth-order valence-electron chi connectivity index (χ4n) is 3.28. The zero-order chi connectivity index (χ0) is 17.6. The van der Waals surface area contributed by atoms with E-state index >= 15 is 0 Å². The molecule has 1 aliphatic carbocycles. The molecule has 1 N–H and O–H groups in total. The van der Waals surface area contributed by atoms with E-state index in [1.165, 1.54) is 32.1 Å². The fraction of sp³-hybridized carbons (Fsp3) is 0.474. The lowest BCUT2D eigenvalue weighted by molar-refractivity contribution is -0.115. The minimum absolute atomic E-state index is 0.339. The van der Waals surface area contributed by atoms with E-state index in [2.05, 4.69) is 5.32 Å². The highest BCUT2D eigenvalue weighted by Gasteiger charge is 2.25. The molecule has 0 radical (unpaired) electrons. The molecule has 0 bridgehead atoms. The molecule has 0 unspecified atom stereocenters. The monoisotopic (exact) mass is 361 g/mol. The number of nitrogens with one attached hydrogen (secondary N) is 1. The zero-order valence-electron chi connectivity index (χ0n) is 14.4. The van der Waals surface area contributed by atoms with Gasteiger partial charge in [0.1, 0.15) is 0 Å². The quantitative estimate of drug-likeness (QED) is 0.762. The number of benzene rings is 1. The molecule has 0 aromatic heterocycles. The van der Waals surface area contributed by atoms with Crippen molar-refractivity contribution in [3.63, 3.8) is 0 Å². The molecule has 0 atom stereocenters. The second-order valence-corrected chi connectivity index (χ2v) is 7.42. The highest BCUT2D eigenvalue weighted by molar-refractivity contribution is 8.18. The van der Waals surface area contributed by atoms with E-state index in [4.69, 9.17) is 9.47 Å². The largest absolute Gasteiger partial charge is 0.493 e. The molecule has 1 aromatic carbocycles. The minimum atomic E-state index is -0.356. The van der Waals surface area contributed by atoms with Gasteiger partial charge in [-0.3, -0.25) is 14.9 Å². The van der Waals surface area contributed by atoms with Crippen LogP contribution in [0.15, 0.2) is 23.1 Å². The molecule has 1 heterocycles. The topological polar surface area (TPSA) is 64.6 Å². The Bertz CT molecular complexity index is 680. The van der Waals surface area contributed by atoms with Gasteiger partial charge in [0.15, 0.2) is 11.5 Å². The van der Waals surface area contributed by atoms with Crippen LogP contribution in [0.4, 0.5) is 4.79 Å². The molecule has 1 saturated carbocycles. The molecule has 2 aliphatic rings. The SMILES string of the molecule is COc1ccc(/C=C2\SC(=O)NC2=O)cc1OCCC1CCCCC1. The van der Waals surface area contributed by atoms with Crippen LogP contribution in [0.3, 0.4) is 0 Å². The van der Waals surface area contributed by atoms with Crippen LogP contribution in [-0.2, 0) is 4.79 Å². The first kappa shape index (κ1) is 17.9. The van der Waals surface area contributed by atoms with Crippen molar-refractivity contribution in [1.29, 1.82) is 0 Å². The number of amides is 2. The average molecular weight is 361 g/mol. The third kappa shape index (κ3) is 4.78. The average Bonchev–Trinajstić information content (AvgIpc) is 2.93. The summed E-state index contributed by atoms with van der Waals surface area (Å²) in [6, 6.07) is 5.52. The summed E-state index contributed by atoms with van der Waals surface area (Å²) in [5.41, 5.74) is 0.806. The molecule has 6 heteroatoms. The van der Waals surface area contributed by atoms with Gasteiger partial charge in [-0.15, -0.1) is 0 Å². The van der Waals surface area contributed by atoms with E-state index in [0.717, 1.165) is 29.7 Å². The second-order valence-electron chi connectivity index (χ2n) is 6.40. The Morgan fingerprint density at radius 2 is 2.00 bits per heavy atom. The van der Waals surface area contributed by atoms with Crippen LogP contribution in [0.2, 0.25) is 0 Å². The van der Waals surface area contributed by atoms with Crippen molar-refractivity contribution in [3.05, 3.63) is 28.7 Å². The van der Waals surface area contributed by atoms with Gasteiger partial charge in [-0.1, -0.05) is 38.2 Å². The van der Waals surface area contributed by atoms with E-state index in [-0.39, 0.29) is 11.1 Å². The van der Waals surface area contributed by atoms with Gasteiger partial charge < -0.3 is 9.47 Å². The third-order valence-electron chi connectivity index (χ3n) is 4.64. The summed E-state index contributed by atoms with van der Waals surface area (Å²) >= 11 is 0.910. The predicted molar refractivity (Wildman–Crippen MR) is 98.8 cm³/mol. The van der Waals surface area contributed by atoms with Crippen molar-refractivity contribution < 1.29 is 19.1 Å². The standard InChI is InChI=1S/C19H23NO4S/c1-23-15-8-7-14(12-17-18(21)20-19(22)25-17)11-16(15)24-10-9-13-5-3-2-4-6-13/h7-8,11-13H,2-6,9-10H2,1H3,(H,20,21,22)/b17-12-. The summed E-state index contributed by atoms with van der Waals surface area (Å²) in [6.45, 7) is 0.661. The number of carbonyl (C=O) groups excluding carboxylic acids is 2. The van der Waals surface area contributed by atoms with E-state index in [9.17, 15) is 9.59 Å². The predicted octanol–water partition coefficient (Wildman–Crippen LogP) is 4.37. The molecular formula is C19H23NO4S. The molecule has 0 spiro atoms.